The lowest BCUT2D eigenvalue weighted by molar-refractivity contribution is -0.122. The van der Waals surface area contributed by atoms with E-state index in [1.807, 2.05) is 67.6 Å². The van der Waals surface area contributed by atoms with E-state index in [0.29, 0.717) is 34.4 Å². The molecule has 0 aliphatic carbocycles. The summed E-state index contributed by atoms with van der Waals surface area (Å²) in [5.74, 6) is 0.484. The lowest BCUT2D eigenvalue weighted by Gasteiger charge is -2.19. The maximum atomic E-state index is 13.2. The average Bonchev–Trinajstić information content (AvgIpc) is 3.52. The average molecular weight is 469 g/mol. The van der Waals surface area contributed by atoms with Gasteiger partial charge in [0.1, 0.15) is 5.75 Å². The van der Waals surface area contributed by atoms with Gasteiger partial charge in [-0.1, -0.05) is 53.2 Å². The van der Waals surface area contributed by atoms with Gasteiger partial charge in [-0.2, -0.15) is 4.98 Å². The van der Waals surface area contributed by atoms with Crippen molar-refractivity contribution in [3.8, 4) is 28.6 Å². The minimum absolute atomic E-state index is 0.115. The zero-order chi connectivity index (χ0) is 24.4. The van der Waals surface area contributed by atoms with Crippen LogP contribution in [0.4, 0.5) is 11.4 Å². The fourth-order valence-corrected chi connectivity index (χ4v) is 4.22. The number of para-hydroxylation sites is 3. The van der Waals surface area contributed by atoms with Crippen LogP contribution < -0.4 is 15.0 Å². The van der Waals surface area contributed by atoms with E-state index in [0.717, 1.165) is 11.1 Å². The van der Waals surface area contributed by atoms with Gasteiger partial charge in [0.2, 0.25) is 17.6 Å². The van der Waals surface area contributed by atoms with Crippen molar-refractivity contribution in [2.45, 2.75) is 13.3 Å². The highest BCUT2D eigenvalue weighted by Gasteiger charge is 2.36. The molecule has 1 aliphatic rings. The van der Waals surface area contributed by atoms with Crippen molar-refractivity contribution in [2.24, 2.45) is 5.92 Å². The summed E-state index contributed by atoms with van der Waals surface area (Å²) < 4.78 is 10.9. The number of hydrogen-bond donors (Lipinski definition) is 1. The number of carbonyl (C=O) groups is 2. The molecule has 2 amide bonds. The molecule has 1 atom stereocenters. The molecular formula is C27H24N4O4. The summed E-state index contributed by atoms with van der Waals surface area (Å²) in [6.07, 6.45) is 0.115. The van der Waals surface area contributed by atoms with E-state index in [2.05, 4.69) is 15.5 Å². The van der Waals surface area contributed by atoms with Crippen LogP contribution in [0.1, 0.15) is 12.0 Å². The highest BCUT2D eigenvalue weighted by Crippen LogP contribution is 2.34. The zero-order valence-electron chi connectivity index (χ0n) is 19.4. The molecule has 35 heavy (non-hydrogen) atoms. The fourth-order valence-electron chi connectivity index (χ4n) is 4.22. The second-order valence-corrected chi connectivity index (χ2v) is 8.40. The highest BCUT2D eigenvalue weighted by atomic mass is 16.5. The van der Waals surface area contributed by atoms with E-state index in [1.54, 1.807) is 24.1 Å². The Hall–Kier alpha value is -4.46. The number of amides is 2. The van der Waals surface area contributed by atoms with Crippen LogP contribution in [0, 0.1) is 12.8 Å². The summed E-state index contributed by atoms with van der Waals surface area (Å²) in [7, 11) is 1.56. The molecule has 1 aliphatic heterocycles. The SMILES string of the molecule is COc1ccccc1N1C[C@@H](C(=O)Nc2ccccc2-c2nc(-c3cccc(C)c3)no2)CC1=O. The zero-order valence-corrected chi connectivity index (χ0v) is 19.4. The molecule has 176 valence electrons. The van der Waals surface area contributed by atoms with E-state index in [1.165, 1.54) is 0 Å². The molecule has 8 heteroatoms. The summed E-state index contributed by atoms with van der Waals surface area (Å²) >= 11 is 0. The van der Waals surface area contributed by atoms with Crippen molar-refractivity contribution in [1.82, 2.24) is 10.1 Å². The normalized spacial score (nSPS) is 15.3. The Morgan fingerprint density at radius 2 is 1.89 bits per heavy atom. The van der Waals surface area contributed by atoms with E-state index >= 15 is 0 Å². The third-order valence-electron chi connectivity index (χ3n) is 5.99. The van der Waals surface area contributed by atoms with Crippen LogP contribution in [0.5, 0.6) is 5.75 Å². The number of aryl methyl sites for hydroxylation is 1. The number of nitrogens with zero attached hydrogens (tertiary/aromatic N) is 3. The first-order valence-corrected chi connectivity index (χ1v) is 11.3. The largest absolute Gasteiger partial charge is 0.495 e. The highest BCUT2D eigenvalue weighted by molar-refractivity contribution is 6.05. The second kappa shape index (κ2) is 9.42. The van der Waals surface area contributed by atoms with Crippen molar-refractivity contribution in [2.75, 3.05) is 23.9 Å². The molecule has 0 bridgehead atoms. The standard InChI is InChI=1S/C27H24N4O4/c1-17-8-7-9-18(14-17)25-29-27(35-30-25)20-10-3-4-11-21(20)28-26(33)19-15-24(32)31(16-19)22-12-5-6-13-23(22)34-2/h3-14,19H,15-16H2,1-2H3,(H,28,33)/t19-/m0/s1. The first-order chi connectivity index (χ1) is 17.0. The maximum absolute atomic E-state index is 13.2. The van der Waals surface area contributed by atoms with Crippen molar-refractivity contribution in [3.05, 3.63) is 78.4 Å². The van der Waals surface area contributed by atoms with Crippen LogP contribution >= 0.6 is 0 Å². The molecule has 8 nitrogen and oxygen atoms in total. The monoisotopic (exact) mass is 468 g/mol. The molecule has 1 aromatic heterocycles. The van der Waals surface area contributed by atoms with Gasteiger partial charge in [-0.15, -0.1) is 0 Å². The molecule has 1 saturated heterocycles. The van der Waals surface area contributed by atoms with Crippen LogP contribution in [0.3, 0.4) is 0 Å². The minimum atomic E-state index is -0.508. The van der Waals surface area contributed by atoms with Gasteiger partial charge < -0.3 is 19.5 Å². The molecule has 5 rings (SSSR count). The third kappa shape index (κ3) is 4.50. The molecule has 0 spiro atoms. The summed E-state index contributed by atoms with van der Waals surface area (Å²) in [6.45, 7) is 2.27. The van der Waals surface area contributed by atoms with Gasteiger partial charge >= 0.3 is 0 Å². The lowest BCUT2D eigenvalue weighted by atomic mass is 10.1. The van der Waals surface area contributed by atoms with E-state index in [-0.39, 0.29) is 24.8 Å². The number of rotatable bonds is 6. The Balaban J connectivity index is 1.35. The van der Waals surface area contributed by atoms with Crippen LogP contribution in [0.2, 0.25) is 0 Å². The summed E-state index contributed by atoms with van der Waals surface area (Å²) in [5.41, 5.74) is 3.75. The van der Waals surface area contributed by atoms with Crippen LogP contribution in [0.15, 0.2) is 77.3 Å². The molecule has 1 fully saturated rings. The minimum Gasteiger partial charge on any atom is -0.495 e. The molecule has 0 saturated carbocycles. The van der Waals surface area contributed by atoms with Crippen molar-refractivity contribution in [3.63, 3.8) is 0 Å². The number of benzene rings is 3. The Morgan fingerprint density at radius 3 is 2.71 bits per heavy atom. The summed E-state index contributed by atoms with van der Waals surface area (Å²) in [5, 5.41) is 7.06. The predicted molar refractivity (Wildman–Crippen MR) is 132 cm³/mol. The Labute approximate surface area is 202 Å². The summed E-state index contributed by atoms with van der Waals surface area (Å²) in [4.78, 5) is 32.0. The molecular weight excluding hydrogens is 444 g/mol. The first kappa shape index (κ1) is 22.3. The Kier molecular flexibility index (Phi) is 6.01. The molecule has 2 heterocycles. The Bertz CT molecular complexity index is 1400. The number of methoxy groups -OCH3 is 1. The number of anilines is 2. The van der Waals surface area contributed by atoms with Gasteiger partial charge in [0.25, 0.3) is 5.89 Å². The molecule has 0 radical (unpaired) electrons. The number of hydrogen-bond acceptors (Lipinski definition) is 6. The molecule has 4 aromatic rings. The number of aromatic nitrogens is 2. The lowest BCUT2D eigenvalue weighted by Crippen LogP contribution is -2.28. The van der Waals surface area contributed by atoms with Crippen molar-refractivity contribution in [1.29, 1.82) is 0 Å². The van der Waals surface area contributed by atoms with Gasteiger partial charge in [0, 0.05) is 18.5 Å². The van der Waals surface area contributed by atoms with Gasteiger partial charge in [-0.25, -0.2) is 0 Å². The predicted octanol–water partition coefficient (Wildman–Crippen LogP) is 4.71. The van der Waals surface area contributed by atoms with Crippen LogP contribution in [-0.4, -0.2) is 35.6 Å². The van der Waals surface area contributed by atoms with Gasteiger partial charge in [0.15, 0.2) is 0 Å². The first-order valence-electron chi connectivity index (χ1n) is 11.3. The van der Waals surface area contributed by atoms with Gasteiger partial charge in [0.05, 0.1) is 30.0 Å². The smallest absolute Gasteiger partial charge is 0.260 e. The van der Waals surface area contributed by atoms with Gasteiger partial charge in [-0.3, -0.25) is 9.59 Å². The topological polar surface area (TPSA) is 97.6 Å². The number of carbonyl (C=O) groups excluding carboxylic acids is 2. The van der Waals surface area contributed by atoms with Crippen LogP contribution in [0.25, 0.3) is 22.8 Å². The number of nitrogens with one attached hydrogen (secondary N) is 1. The third-order valence-corrected chi connectivity index (χ3v) is 5.99. The summed E-state index contributed by atoms with van der Waals surface area (Å²) in [6, 6.07) is 22.4. The maximum Gasteiger partial charge on any atom is 0.260 e. The molecule has 0 unspecified atom stereocenters. The number of ether oxygens (including phenoxy) is 1. The van der Waals surface area contributed by atoms with E-state index in [9.17, 15) is 9.59 Å². The van der Waals surface area contributed by atoms with Crippen molar-refractivity contribution < 1.29 is 18.8 Å². The van der Waals surface area contributed by atoms with E-state index in [4.69, 9.17) is 9.26 Å². The fraction of sp³-hybridized carbons (Fsp3) is 0.185. The molecule has 3 aromatic carbocycles. The Morgan fingerprint density at radius 1 is 1.09 bits per heavy atom. The second-order valence-electron chi connectivity index (χ2n) is 8.40. The quantitative estimate of drug-likeness (QED) is 0.440. The van der Waals surface area contributed by atoms with E-state index < -0.39 is 5.92 Å². The van der Waals surface area contributed by atoms with Gasteiger partial charge in [-0.05, 0) is 37.3 Å². The van der Waals surface area contributed by atoms with Crippen LogP contribution in [-0.2, 0) is 9.59 Å². The van der Waals surface area contributed by atoms with Crippen molar-refractivity contribution >= 4 is 23.2 Å². The molecule has 1 N–H and O–H groups in total.